The highest BCUT2D eigenvalue weighted by atomic mass is 16.4. The van der Waals surface area contributed by atoms with E-state index in [0.717, 1.165) is 12.8 Å². The van der Waals surface area contributed by atoms with Gasteiger partial charge >= 0.3 is 11.9 Å². The Morgan fingerprint density at radius 1 is 1.08 bits per heavy atom. The van der Waals surface area contributed by atoms with Crippen molar-refractivity contribution in [3.8, 4) is 0 Å². The summed E-state index contributed by atoms with van der Waals surface area (Å²) in [6.07, 6.45) is 5.95. The van der Waals surface area contributed by atoms with E-state index in [-0.39, 0.29) is 18.6 Å². The normalized spacial score (nSPS) is 28.1. The summed E-state index contributed by atoms with van der Waals surface area (Å²) in [6, 6.07) is 0. The number of aliphatic carboxylic acids is 2. The molecule has 0 aliphatic heterocycles. The van der Waals surface area contributed by atoms with Crippen LogP contribution in [0.5, 0.6) is 0 Å². The molecule has 1 aliphatic rings. The van der Waals surface area contributed by atoms with Gasteiger partial charge in [-0.2, -0.15) is 0 Å². The second-order valence-electron chi connectivity index (χ2n) is 6.98. The van der Waals surface area contributed by atoms with Gasteiger partial charge in [-0.05, 0) is 38.2 Å². The maximum atomic E-state index is 12.3. The Morgan fingerprint density at radius 3 is 2.04 bits per heavy atom. The fraction of sp³-hybridized carbons (Fsp3) is 0.737. The highest BCUT2D eigenvalue weighted by Gasteiger charge is 2.61. The van der Waals surface area contributed by atoms with Crippen LogP contribution in [-0.2, 0) is 14.4 Å². The highest BCUT2D eigenvalue weighted by Crippen LogP contribution is 2.57. The van der Waals surface area contributed by atoms with Crippen molar-refractivity contribution in [2.75, 3.05) is 0 Å². The van der Waals surface area contributed by atoms with Gasteiger partial charge in [0.15, 0.2) is 5.78 Å². The summed E-state index contributed by atoms with van der Waals surface area (Å²) >= 11 is 0. The zero-order chi connectivity index (χ0) is 18.4. The van der Waals surface area contributed by atoms with Crippen molar-refractivity contribution < 1.29 is 24.6 Å². The van der Waals surface area contributed by atoms with E-state index in [1.807, 2.05) is 6.92 Å². The van der Waals surface area contributed by atoms with Crippen molar-refractivity contribution in [1.82, 2.24) is 0 Å². The Hall–Kier alpha value is -1.65. The fourth-order valence-corrected chi connectivity index (χ4v) is 4.39. The smallest absolute Gasteiger partial charge is 0.310 e. The molecule has 0 heterocycles. The average Bonchev–Trinajstić information content (AvgIpc) is 2.57. The first-order valence-electron chi connectivity index (χ1n) is 8.94. The Labute approximate surface area is 144 Å². The van der Waals surface area contributed by atoms with Crippen LogP contribution < -0.4 is 0 Å². The van der Waals surface area contributed by atoms with Gasteiger partial charge in [-0.1, -0.05) is 46.1 Å². The Bertz CT molecular complexity index is 498. The summed E-state index contributed by atoms with van der Waals surface area (Å²) in [6.45, 7) is 7.28. The molecule has 2 N–H and O–H groups in total. The Kier molecular flexibility index (Phi) is 7.18. The molecule has 3 unspecified atom stereocenters. The molecule has 0 saturated heterocycles. The minimum absolute atomic E-state index is 0.0906. The van der Waals surface area contributed by atoms with Crippen molar-refractivity contribution in [2.24, 2.45) is 16.7 Å². The van der Waals surface area contributed by atoms with Gasteiger partial charge in [0.2, 0.25) is 0 Å². The van der Waals surface area contributed by atoms with Crippen molar-refractivity contribution in [2.45, 2.75) is 71.6 Å². The second kappa shape index (κ2) is 8.45. The van der Waals surface area contributed by atoms with Crippen molar-refractivity contribution in [3.63, 3.8) is 0 Å². The predicted octanol–water partition coefficient (Wildman–Crippen LogP) is 4.06. The number of hydrogen-bond donors (Lipinski definition) is 2. The van der Waals surface area contributed by atoms with Gasteiger partial charge in [0.1, 0.15) is 0 Å². The van der Waals surface area contributed by atoms with Crippen molar-refractivity contribution in [3.05, 3.63) is 12.7 Å². The van der Waals surface area contributed by atoms with Crippen LogP contribution in [0, 0.1) is 16.7 Å². The van der Waals surface area contributed by atoms with Gasteiger partial charge < -0.3 is 10.2 Å². The number of carbonyl (C=O) groups excluding carboxylic acids is 1. The van der Waals surface area contributed by atoms with Gasteiger partial charge in [-0.25, -0.2) is 0 Å². The maximum Gasteiger partial charge on any atom is 0.310 e. The van der Waals surface area contributed by atoms with E-state index < -0.39 is 28.7 Å². The minimum atomic E-state index is -1.39. The van der Waals surface area contributed by atoms with E-state index in [0.29, 0.717) is 32.1 Å². The molecule has 0 aromatic rings. The van der Waals surface area contributed by atoms with Gasteiger partial charge in [0.05, 0.1) is 10.8 Å². The average molecular weight is 338 g/mol. The lowest BCUT2D eigenvalue weighted by atomic mass is 9.51. The third-order valence-corrected chi connectivity index (χ3v) is 5.90. The largest absolute Gasteiger partial charge is 0.481 e. The molecule has 3 atom stereocenters. The number of allylic oxidation sites excluding steroid dienone is 1. The number of unbranched alkanes of at least 4 members (excludes halogenated alkanes) is 1. The number of hydrogen-bond acceptors (Lipinski definition) is 3. The molecule has 0 bridgehead atoms. The van der Waals surface area contributed by atoms with Gasteiger partial charge in [-0.3, -0.25) is 14.4 Å². The molecule has 0 aromatic carbocycles. The monoisotopic (exact) mass is 338 g/mol. The third-order valence-electron chi connectivity index (χ3n) is 5.90. The molecule has 1 aliphatic carbocycles. The summed E-state index contributed by atoms with van der Waals surface area (Å²) in [5, 5.41) is 19.9. The molecule has 5 heteroatoms. The van der Waals surface area contributed by atoms with Gasteiger partial charge in [0.25, 0.3) is 0 Å². The van der Waals surface area contributed by atoms with Gasteiger partial charge in [0, 0.05) is 5.92 Å². The summed E-state index contributed by atoms with van der Waals surface area (Å²) in [5.41, 5.74) is -2.69. The SMILES string of the molecule is C=CC(=O)C(CCCC)CC1(C(=O)O)CCCCC1(CC)C(=O)O. The zero-order valence-corrected chi connectivity index (χ0v) is 14.8. The van der Waals surface area contributed by atoms with Crippen LogP contribution in [0.3, 0.4) is 0 Å². The number of carbonyl (C=O) groups is 3. The molecule has 0 aromatic heterocycles. The van der Waals surface area contributed by atoms with E-state index in [9.17, 15) is 24.6 Å². The second-order valence-corrected chi connectivity index (χ2v) is 6.98. The third kappa shape index (κ3) is 3.55. The zero-order valence-electron chi connectivity index (χ0n) is 14.8. The maximum absolute atomic E-state index is 12.3. The summed E-state index contributed by atoms with van der Waals surface area (Å²) < 4.78 is 0. The molecular weight excluding hydrogens is 308 g/mol. The number of ketones is 1. The van der Waals surface area contributed by atoms with E-state index in [1.165, 1.54) is 6.08 Å². The molecule has 24 heavy (non-hydrogen) atoms. The quantitative estimate of drug-likeness (QED) is 0.586. The van der Waals surface area contributed by atoms with E-state index >= 15 is 0 Å². The molecule has 1 rings (SSSR count). The van der Waals surface area contributed by atoms with Crippen LogP contribution >= 0.6 is 0 Å². The summed E-state index contributed by atoms with van der Waals surface area (Å²) in [4.78, 5) is 36.6. The molecular formula is C19H30O5. The predicted molar refractivity (Wildman–Crippen MR) is 91.7 cm³/mol. The topological polar surface area (TPSA) is 91.7 Å². The Morgan fingerprint density at radius 2 is 1.62 bits per heavy atom. The first-order chi connectivity index (χ1) is 11.3. The van der Waals surface area contributed by atoms with Gasteiger partial charge in [-0.15, -0.1) is 0 Å². The lowest BCUT2D eigenvalue weighted by Crippen LogP contribution is -2.55. The standard InChI is InChI=1S/C19H30O5/c1-4-7-10-14(15(20)5-2)13-19(17(23)24)12-9-8-11-18(19,6-3)16(21)22/h5,14H,2,4,6-13H2,1,3H3,(H,21,22)(H,23,24). The molecule has 0 spiro atoms. The molecule has 1 saturated carbocycles. The van der Waals surface area contributed by atoms with Crippen LogP contribution in [-0.4, -0.2) is 27.9 Å². The molecule has 0 amide bonds. The summed E-state index contributed by atoms with van der Waals surface area (Å²) in [5.74, 6) is -2.77. The van der Waals surface area contributed by atoms with Crippen LogP contribution in [0.2, 0.25) is 0 Å². The lowest BCUT2D eigenvalue weighted by Gasteiger charge is -2.49. The highest BCUT2D eigenvalue weighted by molar-refractivity contribution is 5.93. The van der Waals surface area contributed by atoms with Crippen molar-refractivity contribution >= 4 is 17.7 Å². The lowest BCUT2D eigenvalue weighted by molar-refractivity contribution is -0.183. The first-order valence-corrected chi connectivity index (χ1v) is 8.94. The van der Waals surface area contributed by atoms with Crippen LogP contribution in [0.4, 0.5) is 0 Å². The molecule has 5 nitrogen and oxygen atoms in total. The van der Waals surface area contributed by atoms with Crippen LogP contribution in [0.1, 0.15) is 71.6 Å². The Balaban J connectivity index is 3.34. The van der Waals surface area contributed by atoms with Crippen LogP contribution in [0.15, 0.2) is 12.7 Å². The van der Waals surface area contributed by atoms with Crippen molar-refractivity contribution in [1.29, 1.82) is 0 Å². The fourth-order valence-electron chi connectivity index (χ4n) is 4.39. The van der Waals surface area contributed by atoms with E-state index in [2.05, 4.69) is 6.58 Å². The minimum Gasteiger partial charge on any atom is -0.481 e. The first kappa shape index (κ1) is 20.4. The molecule has 136 valence electrons. The number of carboxylic acid groups (broad SMARTS) is 2. The number of carboxylic acids is 2. The molecule has 1 fully saturated rings. The van der Waals surface area contributed by atoms with Crippen LogP contribution in [0.25, 0.3) is 0 Å². The van der Waals surface area contributed by atoms with E-state index in [1.54, 1.807) is 6.92 Å². The van der Waals surface area contributed by atoms with E-state index in [4.69, 9.17) is 0 Å². The molecule has 0 radical (unpaired) electrons. The number of rotatable bonds is 10. The summed E-state index contributed by atoms with van der Waals surface area (Å²) in [7, 11) is 0.